The number of nitrogen functional groups attached to an aromatic ring is 1. The number of carbonyl (C=O) groups excluding carboxylic acids is 1. The maximum absolute atomic E-state index is 11.8. The lowest BCUT2D eigenvalue weighted by molar-refractivity contribution is -0.116. The van der Waals surface area contributed by atoms with Crippen LogP contribution in [0.2, 0.25) is 5.02 Å². The molecule has 0 unspecified atom stereocenters. The first-order valence-electron chi connectivity index (χ1n) is 5.05. The molecule has 17 heavy (non-hydrogen) atoms. The quantitative estimate of drug-likeness (QED) is 0.833. The minimum atomic E-state index is -0.119. The molecular weight excluding hydrogens is 242 g/mol. The summed E-state index contributed by atoms with van der Waals surface area (Å²) >= 11 is 5.80. The van der Waals surface area contributed by atoms with E-state index in [0.29, 0.717) is 28.7 Å². The lowest BCUT2D eigenvalue weighted by atomic mass is 10.2. The number of nitrogens with zero attached hydrogens (tertiary/aromatic N) is 2. The summed E-state index contributed by atoms with van der Waals surface area (Å²) in [4.78, 5) is 11.8. The van der Waals surface area contributed by atoms with Crippen molar-refractivity contribution in [3.63, 3.8) is 0 Å². The van der Waals surface area contributed by atoms with Crippen LogP contribution in [0.5, 0.6) is 0 Å². The van der Waals surface area contributed by atoms with Crippen LogP contribution < -0.4 is 10.7 Å². The second-order valence-electron chi connectivity index (χ2n) is 3.68. The molecule has 2 N–H and O–H groups in total. The van der Waals surface area contributed by atoms with E-state index >= 15 is 0 Å². The van der Waals surface area contributed by atoms with Gasteiger partial charge in [0, 0.05) is 12.1 Å². The van der Waals surface area contributed by atoms with E-state index < -0.39 is 0 Å². The van der Waals surface area contributed by atoms with Gasteiger partial charge in [0.05, 0.1) is 30.1 Å². The van der Waals surface area contributed by atoms with E-state index in [0.717, 1.165) is 0 Å². The molecule has 0 saturated carbocycles. The number of rotatable bonds is 3. The van der Waals surface area contributed by atoms with Gasteiger partial charge in [-0.25, -0.2) is 0 Å². The van der Waals surface area contributed by atoms with Gasteiger partial charge in [-0.15, -0.1) is 0 Å². The largest absolute Gasteiger partial charge is 0.397 e. The molecule has 0 atom stereocenters. The van der Waals surface area contributed by atoms with Gasteiger partial charge in [-0.3, -0.25) is 4.79 Å². The van der Waals surface area contributed by atoms with Crippen molar-refractivity contribution in [3.8, 4) is 0 Å². The first kappa shape index (κ1) is 11.9. The summed E-state index contributed by atoms with van der Waals surface area (Å²) in [6, 6.07) is 4.94. The second kappa shape index (κ2) is 4.73. The molecule has 0 radical (unpaired) electrons. The third kappa shape index (κ3) is 2.40. The average molecular weight is 254 g/mol. The smallest absolute Gasteiger partial charge is 0.253 e. The predicted octanol–water partition coefficient (Wildman–Crippen LogP) is 1.66. The van der Waals surface area contributed by atoms with E-state index in [1.54, 1.807) is 25.3 Å². The molecule has 6 heteroatoms. The molecule has 1 aliphatic rings. The number of hydrogen-bond acceptors (Lipinski definition) is 4. The minimum Gasteiger partial charge on any atom is -0.397 e. The number of anilines is 2. The number of nitrogens with two attached hydrogens (primary N) is 1. The molecule has 0 aliphatic carbocycles. The summed E-state index contributed by atoms with van der Waals surface area (Å²) in [6.07, 6.45) is 0.260. The Hall–Kier alpha value is -1.59. The Morgan fingerprint density at radius 2 is 2.35 bits per heavy atom. The summed E-state index contributed by atoms with van der Waals surface area (Å²) in [5.41, 5.74) is 7.46. The molecule has 90 valence electrons. The van der Waals surface area contributed by atoms with Gasteiger partial charge in [0.1, 0.15) is 0 Å². The van der Waals surface area contributed by atoms with E-state index in [4.69, 9.17) is 22.1 Å². The molecule has 0 fully saturated rings. The molecule has 0 saturated heterocycles. The van der Waals surface area contributed by atoms with E-state index in [9.17, 15) is 4.79 Å². The standard InChI is InChI=1S/C11H12ClN3O2/c1-17-6-8-5-11(16)15(14-8)10-3-2-7(12)4-9(10)13/h2-4H,5-6,13H2,1H3. The molecule has 1 aromatic carbocycles. The monoisotopic (exact) mass is 253 g/mol. The van der Waals surface area contributed by atoms with Crippen LogP contribution >= 0.6 is 11.6 Å². The van der Waals surface area contributed by atoms with Crippen LogP contribution in [0.25, 0.3) is 0 Å². The fourth-order valence-corrected chi connectivity index (χ4v) is 1.82. The summed E-state index contributed by atoms with van der Waals surface area (Å²) in [5.74, 6) is -0.119. The number of benzene rings is 1. The first-order chi connectivity index (χ1) is 8.11. The van der Waals surface area contributed by atoms with E-state index in [1.165, 1.54) is 5.01 Å². The lowest BCUT2D eigenvalue weighted by Crippen LogP contribution is -2.20. The van der Waals surface area contributed by atoms with Crippen molar-refractivity contribution in [2.24, 2.45) is 5.10 Å². The Labute approximate surface area is 104 Å². The number of halogens is 1. The molecule has 2 rings (SSSR count). The molecule has 0 bridgehead atoms. The third-order valence-corrected chi connectivity index (χ3v) is 2.60. The van der Waals surface area contributed by atoms with Crippen molar-refractivity contribution in [2.75, 3.05) is 24.5 Å². The summed E-state index contributed by atoms with van der Waals surface area (Å²) in [5, 5.41) is 5.99. The van der Waals surface area contributed by atoms with Crippen LogP contribution in [0.4, 0.5) is 11.4 Å². The van der Waals surface area contributed by atoms with Gasteiger partial charge in [-0.05, 0) is 18.2 Å². The zero-order chi connectivity index (χ0) is 12.4. The van der Waals surface area contributed by atoms with Gasteiger partial charge in [-0.2, -0.15) is 10.1 Å². The van der Waals surface area contributed by atoms with Gasteiger partial charge >= 0.3 is 0 Å². The van der Waals surface area contributed by atoms with E-state index in [1.807, 2.05) is 0 Å². The molecule has 0 spiro atoms. The van der Waals surface area contributed by atoms with Gasteiger partial charge in [-0.1, -0.05) is 11.6 Å². The number of hydrogen-bond donors (Lipinski definition) is 1. The van der Waals surface area contributed by atoms with Gasteiger partial charge < -0.3 is 10.5 Å². The van der Waals surface area contributed by atoms with Gasteiger partial charge in [0.2, 0.25) is 0 Å². The Morgan fingerprint density at radius 1 is 1.59 bits per heavy atom. The van der Waals surface area contributed by atoms with Crippen molar-refractivity contribution < 1.29 is 9.53 Å². The fourth-order valence-electron chi connectivity index (χ4n) is 1.63. The van der Waals surface area contributed by atoms with Crippen LogP contribution in [-0.4, -0.2) is 25.3 Å². The zero-order valence-electron chi connectivity index (χ0n) is 9.31. The molecule has 1 aliphatic heterocycles. The van der Waals surface area contributed by atoms with Crippen LogP contribution in [0, 0.1) is 0 Å². The highest BCUT2D eigenvalue weighted by Crippen LogP contribution is 2.29. The van der Waals surface area contributed by atoms with Crippen LogP contribution in [-0.2, 0) is 9.53 Å². The van der Waals surface area contributed by atoms with Crippen LogP contribution in [0.3, 0.4) is 0 Å². The molecule has 1 aromatic rings. The topological polar surface area (TPSA) is 67.9 Å². The SMILES string of the molecule is COCC1=NN(c2ccc(Cl)cc2N)C(=O)C1. The maximum Gasteiger partial charge on any atom is 0.253 e. The Balaban J connectivity index is 2.30. The normalized spacial score (nSPS) is 15.3. The second-order valence-corrected chi connectivity index (χ2v) is 4.12. The van der Waals surface area contributed by atoms with E-state index in [-0.39, 0.29) is 12.3 Å². The molecule has 0 aromatic heterocycles. The number of methoxy groups -OCH3 is 1. The third-order valence-electron chi connectivity index (χ3n) is 2.36. The highest BCUT2D eigenvalue weighted by molar-refractivity contribution is 6.31. The van der Waals surface area contributed by atoms with Gasteiger partial charge in [0.25, 0.3) is 5.91 Å². The average Bonchev–Trinajstić information content (AvgIpc) is 2.60. The Bertz CT molecular complexity index is 488. The minimum absolute atomic E-state index is 0.119. The van der Waals surface area contributed by atoms with E-state index in [2.05, 4.69) is 5.10 Å². The summed E-state index contributed by atoms with van der Waals surface area (Å²) in [7, 11) is 1.56. The van der Waals surface area contributed by atoms with Gasteiger partial charge in [0.15, 0.2) is 0 Å². The molecule has 5 nitrogen and oxygen atoms in total. The summed E-state index contributed by atoms with van der Waals surface area (Å²) in [6.45, 7) is 0.343. The number of carbonyl (C=O) groups is 1. The predicted molar refractivity (Wildman–Crippen MR) is 67.3 cm³/mol. The maximum atomic E-state index is 11.8. The Kier molecular flexibility index (Phi) is 3.31. The highest BCUT2D eigenvalue weighted by Gasteiger charge is 2.26. The van der Waals surface area contributed by atoms with Crippen molar-refractivity contribution in [1.82, 2.24) is 0 Å². The van der Waals surface area contributed by atoms with Crippen molar-refractivity contribution >= 4 is 34.6 Å². The molecule has 1 heterocycles. The van der Waals surface area contributed by atoms with Crippen molar-refractivity contribution in [1.29, 1.82) is 0 Å². The molecular formula is C11H12ClN3O2. The number of hydrazone groups is 1. The number of amides is 1. The van der Waals surface area contributed by atoms with Crippen LogP contribution in [0.15, 0.2) is 23.3 Å². The molecule has 1 amide bonds. The van der Waals surface area contributed by atoms with Crippen molar-refractivity contribution in [3.05, 3.63) is 23.2 Å². The number of ether oxygens (including phenoxy) is 1. The first-order valence-corrected chi connectivity index (χ1v) is 5.43. The lowest BCUT2D eigenvalue weighted by Gasteiger charge is -2.14. The van der Waals surface area contributed by atoms with Crippen molar-refractivity contribution in [2.45, 2.75) is 6.42 Å². The Morgan fingerprint density at radius 3 is 3.00 bits per heavy atom. The summed E-state index contributed by atoms with van der Waals surface area (Å²) < 4.78 is 4.95. The van der Waals surface area contributed by atoms with Crippen LogP contribution in [0.1, 0.15) is 6.42 Å². The fraction of sp³-hybridized carbons (Fsp3) is 0.273. The highest BCUT2D eigenvalue weighted by atomic mass is 35.5. The zero-order valence-corrected chi connectivity index (χ0v) is 10.1.